The fraction of sp³-hybridized carbons (Fsp3) is 0.308. The van der Waals surface area contributed by atoms with Crippen molar-refractivity contribution in [3.05, 3.63) is 57.7 Å². The van der Waals surface area contributed by atoms with Crippen molar-refractivity contribution < 1.29 is 9.31 Å². The molecule has 1 N–H and O–H groups in total. The lowest BCUT2D eigenvalue weighted by Crippen LogP contribution is -2.11. The third-order valence-corrected chi connectivity index (χ3v) is 3.17. The average Bonchev–Trinajstić information content (AvgIpc) is 2.88. The quantitative estimate of drug-likeness (QED) is 0.672. The molecule has 2 rings (SSSR count). The van der Waals surface area contributed by atoms with Crippen molar-refractivity contribution in [2.75, 3.05) is 7.05 Å². The van der Waals surface area contributed by atoms with Crippen LogP contribution in [0.1, 0.15) is 24.1 Å². The summed E-state index contributed by atoms with van der Waals surface area (Å²) in [4.78, 5) is 9.97. The van der Waals surface area contributed by atoms with Crippen molar-refractivity contribution in [3.8, 4) is 0 Å². The van der Waals surface area contributed by atoms with Crippen LogP contribution in [0.15, 0.2) is 30.6 Å². The Morgan fingerprint density at radius 1 is 1.55 bits per heavy atom. The number of aromatic nitrogens is 2. The van der Waals surface area contributed by atoms with E-state index >= 15 is 0 Å². The van der Waals surface area contributed by atoms with E-state index in [-0.39, 0.29) is 18.2 Å². The standard InChI is InChI=1S/C13H15FN4O2/c1-9(15-2)11-6-16-17(8-11)7-10-4-3-5-12(13(10)14)18(19)20/h3-6,8-9,15H,7H2,1-2H3. The van der Waals surface area contributed by atoms with Crippen LogP contribution in [0.4, 0.5) is 10.1 Å². The summed E-state index contributed by atoms with van der Waals surface area (Å²) >= 11 is 0. The van der Waals surface area contributed by atoms with Crippen molar-refractivity contribution >= 4 is 5.69 Å². The molecule has 0 radical (unpaired) electrons. The van der Waals surface area contributed by atoms with Crippen LogP contribution in [0.3, 0.4) is 0 Å². The van der Waals surface area contributed by atoms with E-state index in [4.69, 9.17) is 0 Å². The van der Waals surface area contributed by atoms with E-state index in [0.29, 0.717) is 0 Å². The molecule has 0 spiro atoms. The van der Waals surface area contributed by atoms with Gasteiger partial charge in [0.1, 0.15) is 0 Å². The van der Waals surface area contributed by atoms with Gasteiger partial charge in [-0.15, -0.1) is 0 Å². The lowest BCUT2D eigenvalue weighted by atomic mass is 10.2. The zero-order chi connectivity index (χ0) is 14.7. The molecule has 0 aliphatic heterocycles. The van der Waals surface area contributed by atoms with Gasteiger partial charge in [-0.1, -0.05) is 12.1 Å². The molecule has 2 aromatic rings. The maximum Gasteiger partial charge on any atom is 0.305 e. The molecular formula is C13H15FN4O2. The molecule has 0 aliphatic rings. The zero-order valence-corrected chi connectivity index (χ0v) is 11.2. The molecular weight excluding hydrogens is 263 g/mol. The molecule has 7 heteroatoms. The van der Waals surface area contributed by atoms with E-state index < -0.39 is 16.4 Å². The highest BCUT2D eigenvalue weighted by Gasteiger charge is 2.17. The Hall–Kier alpha value is -2.28. The van der Waals surface area contributed by atoms with Gasteiger partial charge < -0.3 is 5.32 Å². The summed E-state index contributed by atoms with van der Waals surface area (Å²) in [5.74, 6) is -0.809. The van der Waals surface area contributed by atoms with Crippen LogP contribution in [0.2, 0.25) is 0 Å². The number of nitro groups is 1. The van der Waals surface area contributed by atoms with Crippen molar-refractivity contribution in [1.82, 2.24) is 15.1 Å². The number of halogens is 1. The second kappa shape index (κ2) is 5.79. The Morgan fingerprint density at radius 3 is 2.95 bits per heavy atom. The fourth-order valence-electron chi connectivity index (χ4n) is 1.86. The van der Waals surface area contributed by atoms with Crippen molar-refractivity contribution in [3.63, 3.8) is 0 Å². The first-order valence-corrected chi connectivity index (χ1v) is 6.14. The predicted molar refractivity (Wildman–Crippen MR) is 71.9 cm³/mol. The first-order valence-electron chi connectivity index (χ1n) is 6.14. The largest absolute Gasteiger partial charge is 0.313 e. The van der Waals surface area contributed by atoms with Gasteiger partial charge in [0.2, 0.25) is 5.82 Å². The Kier molecular flexibility index (Phi) is 4.09. The van der Waals surface area contributed by atoms with Crippen LogP contribution < -0.4 is 5.32 Å². The summed E-state index contributed by atoms with van der Waals surface area (Å²) < 4.78 is 15.5. The summed E-state index contributed by atoms with van der Waals surface area (Å²) in [5, 5.41) is 17.9. The van der Waals surface area contributed by atoms with Gasteiger partial charge in [-0.3, -0.25) is 14.8 Å². The van der Waals surface area contributed by atoms with Gasteiger partial charge in [0.05, 0.1) is 17.7 Å². The molecule has 1 atom stereocenters. The van der Waals surface area contributed by atoms with Crippen LogP contribution in [-0.4, -0.2) is 21.8 Å². The number of hydrogen-bond acceptors (Lipinski definition) is 4. The normalized spacial score (nSPS) is 12.3. The highest BCUT2D eigenvalue weighted by Crippen LogP contribution is 2.21. The highest BCUT2D eigenvalue weighted by molar-refractivity contribution is 5.36. The minimum Gasteiger partial charge on any atom is -0.313 e. The molecule has 0 amide bonds. The van der Waals surface area contributed by atoms with Gasteiger partial charge in [-0.2, -0.15) is 9.49 Å². The SMILES string of the molecule is CNC(C)c1cnn(Cc2cccc([N+](=O)[O-])c2F)c1. The van der Waals surface area contributed by atoms with Crippen molar-refractivity contribution in [2.24, 2.45) is 0 Å². The molecule has 0 fully saturated rings. The highest BCUT2D eigenvalue weighted by atomic mass is 19.1. The predicted octanol–water partition coefficient (Wildman–Crippen LogP) is 2.26. The van der Waals surface area contributed by atoms with Gasteiger partial charge in [0.25, 0.3) is 0 Å². The van der Waals surface area contributed by atoms with Crippen LogP contribution >= 0.6 is 0 Å². The lowest BCUT2D eigenvalue weighted by molar-refractivity contribution is -0.387. The second-order valence-corrected chi connectivity index (χ2v) is 4.49. The minimum atomic E-state index is -0.809. The van der Waals surface area contributed by atoms with Crippen molar-refractivity contribution in [2.45, 2.75) is 19.5 Å². The van der Waals surface area contributed by atoms with Crippen LogP contribution in [0, 0.1) is 15.9 Å². The summed E-state index contributed by atoms with van der Waals surface area (Å²) in [7, 11) is 1.84. The summed E-state index contributed by atoms with van der Waals surface area (Å²) in [6, 6.07) is 4.28. The third kappa shape index (κ3) is 2.83. The number of nitrogens with zero attached hydrogens (tertiary/aromatic N) is 3. The Morgan fingerprint density at radius 2 is 2.30 bits per heavy atom. The zero-order valence-electron chi connectivity index (χ0n) is 11.2. The summed E-state index contributed by atoms with van der Waals surface area (Å²) in [6.45, 7) is 2.14. The number of nitro benzene ring substituents is 1. The maximum absolute atomic E-state index is 13.9. The molecule has 6 nitrogen and oxygen atoms in total. The van der Waals surface area contributed by atoms with Crippen LogP contribution in [0.5, 0.6) is 0 Å². The molecule has 20 heavy (non-hydrogen) atoms. The van der Waals surface area contributed by atoms with Crippen LogP contribution in [-0.2, 0) is 6.54 Å². The van der Waals surface area contributed by atoms with Gasteiger partial charge in [0.15, 0.2) is 0 Å². The molecule has 1 aromatic heterocycles. The van der Waals surface area contributed by atoms with E-state index in [9.17, 15) is 14.5 Å². The van der Waals surface area contributed by atoms with E-state index in [1.54, 1.807) is 17.1 Å². The van der Waals surface area contributed by atoms with Crippen LogP contribution in [0.25, 0.3) is 0 Å². The van der Waals surface area contributed by atoms with E-state index in [2.05, 4.69) is 10.4 Å². The Balaban J connectivity index is 2.24. The van der Waals surface area contributed by atoms with Gasteiger partial charge in [0, 0.05) is 29.4 Å². The molecule has 0 bridgehead atoms. The monoisotopic (exact) mass is 278 g/mol. The minimum absolute atomic E-state index is 0.138. The first kappa shape index (κ1) is 14.1. The first-order chi connectivity index (χ1) is 9.52. The summed E-state index contributed by atoms with van der Waals surface area (Å²) in [6.07, 6.45) is 3.48. The number of hydrogen-bond donors (Lipinski definition) is 1. The maximum atomic E-state index is 13.9. The Labute approximate surface area is 115 Å². The third-order valence-electron chi connectivity index (χ3n) is 3.17. The average molecular weight is 278 g/mol. The van der Waals surface area contributed by atoms with Crippen molar-refractivity contribution in [1.29, 1.82) is 0 Å². The second-order valence-electron chi connectivity index (χ2n) is 4.49. The van der Waals surface area contributed by atoms with E-state index in [0.717, 1.165) is 11.6 Å². The van der Waals surface area contributed by atoms with E-state index in [1.807, 2.05) is 14.0 Å². The van der Waals surface area contributed by atoms with Gasteiger partial charge in [-0.05, 0) is 14.0 Å². The number of benzene rings is 1. The molecule has 0 aliphatic carbocycles. The molecule has 1 unspecified atom stereocenters. The Bertz CT molecular complexity index is 627. The molecule has 0 saturated heterocycles. The fourth-order valence-corrected chi connectivity index (χ4v) is 1.86. The van der Waals surface area contributed by atoms with Gasteiger partial charge in [-0.25, -0.2) is 0 Å². The summed E-state index contributed by atoms with van der Waals surface area (Å²) in [5.41, 5.74) is 0.697. The number of nitrogens with one attached hydrogen (secondary N) is 1. The molecule has 0 saturated carbocycles. The topological polar surface area (TPSA) is 73.0 Å². The smallest absolute Gasteiger partial charge is 0.305 e. The number of rotatable bonds is 5. The molecule has 106 valence electrons. The van der Waals surface area contributed by atoms with Gasteiger partial charge >= 0.3 is 5.69 Å². The lowest BCUT2D eigenvalue weighted by Gasteiger charge is -2.06. The molecule has 1 heterocycles. The molecule has 1 aromatic carbocycles. The van der Waals surface area contributed by atoms with E-state index in [1.165, 1.54) is 12.1 Å².